The number of amides is 1. The second-order valence-corrected chi connectivity index (χ2v) is 6.49. The number of benzene rings is 2. The summed E-state index contributed by atoms with van der Waals surface area (Å²) in [6, 6.07) is 14.6. The van der Waals surface area contributed by atoms with Gasteiger partial charge in [0.15, 0.2) is 5.11 Å². The van der Waals surface area contributed by atoms with Crippen LogP contribution < -0.4 is 25.6 Å². The summed E-state index contributed by atoms with van der Waals surface area (Å²) in [5.74, 6) is 0.970. The lowest BCUT2D eigenvalue weighted by atomic mass is 10.0. The Labute approximate surface area is 174 Å². The first-order valence-electron chi connectivity index (χ1n) is 9.03. The van der Waals surface area contributed by atoms with Crippen LogP contribution >= 0.6 is 12.2 Å². The van der Waals surface area contributed by atoms with Crippen molar-refractivity contribution in [3.8, 4) is 22.8 Å². The number of fused-ring (bicyclic) bond motifs is 1. The van der Waals surface area contributed by atoms with E-state index in [-0.39, 0.29) is 5.91 Å². The molecule has 0 aliphatic rings. The van der Waals surface area contributed by atoms with Crippen LogP contribution in [0, 0.1) is 0 Å². The summed E-state index contributed by atoms with van der Waals surface area (Å²) in [5.41, 5.74) is 7.80. The third-order valence-electron chi connectivity index (χ3n) is 4.27. The molecule has 0 radical (unpaired) electrons. The molecule has 0 aliphatic carbocycles. The number of nitrogens with one attached hydrogen (secondary N) is 3. The Bertz CT molecular complexity index is 1060. The smallest absolute Gasteiger partial charge is 0.270 e. The van der Waals surface area contributed by atoms with E-state index in [0.717, 1.165) is 10.9 Å². The maximum Gasteiger partial charge on any atom is 0.270 e. The molecule has 7 nitrogen and oxygen atoms in total. The quantitative estimate of drug-likeness (QED) is 0.440. The molecular weight excluding hydrogens is 388 g/mol. The number of para-hydroxylation sites is 1. The van der Waals surface area contributed by atoms with E-state index in [4.69, 9.17) is 26.7 Å². The van der Waals surface area contributed by atoms with E-state index in [0.29, 0.717) is 39.9 Å². The first kappa shape index (κ1) is 20.3. The van der Waals surface area contributed by atoms with Crippen LogP contribution in [0.3, 0.4) is 0 Å². The number of aromatic nitrogens is 1. The third-order valence-corrected chi connectivity index (χ3v) is 4.52. The first-order valence-corrected chi connectivity index (χ1v) is 9.44. The molecule has 8 heteroatoms. The summed E-state index contributed by atoms with van der Waals surface area (Å²) >= 11 is 5.10. The third kappa shape index (κ3) is 4.55. The molecule has 3 aromatic rings. The number of hydrazine groups is 1. The van der Waals surface area contributed by atoms with Crippen LogP contribution in [0.25, 0.3) is 22.2 Å². The van der Waals surface area contributed by atoms with Gasteiger partial charge >= 0.3 is 0 Å². The van der Waals surface area contributed by atoms with Crippen molar-refractivity contribution in [2.45, 2.75) is 6.92 Å². The second kappa shape index (κ2) is 9.20. The van der Waals surface area contributed by atoms with E-state index in [9.17, 15) is 4.79 Å². The molecule has 0 saturated heterocycles. The van der Waals surface area contributed by atoms with Gasteiger partial charge in [-0.1, -0.05) is 18.2 Å². The van der Waals surface area contributed by atoms with E-state index < -0.39 is 0 Å². The number of nitrogens with zero attached hydrogens (tertiary/aromatic N) is 1. The van der Waals surface area contributed by atoms with Crippen molar-refractivity contribution in [3.05, 3.63) is 54.1 Å². The molecule has 29 heavy (non-hydrogen) atoms. The zero-order chi connectivity index (χ0) is 20.8. The maximum atomic E-state index is 12.9. The Kier molecular flexibility index (Phi) is 6.46. The molecule has 2 aromatic carbocycles. The number of rotatable bonds is 5. The molecule has 1 amide bonds. The van der Waals surface area contributed by atoms with Crippen molar-refractivity contribution >= 4 is 34.1 Å². The summed E-state index contributed by atoms with van der Waals surface area (Å²) in [7, 11) is 3.18. The van der Waals surface area contributed by atoms with Crippen LogP contribution in [0.5, 0.6) is 11.5 Å². The predicted molar refractivity (Wildman–Crippen MR) is 117 cm³/mol. The van der Waals surface area contributed by atoms with Crippen molar-refractivity contribution in [2.24, 2.45) is 0 Å². The van der Waals surface area contributed by atoms with Gasteiger partial charge in [0.25, 0.3) is 5.91 Å². The van der Waals surface area contributed by atoms with Gasteiger partial charge in [0, 0.05) is 17.5 Å². The van der Waals surface area contributed by atoms with Gasteiger partial charge in [-0.05, 0) is 49.5 Å². The Hall–Kier alpha value is -3.39. The molecule has 0 saturated carbocycles. The van der Waals surface area contributed by atoms with E-state index >= 15 is 0 Å². The van der Waals surface area contributed by atoms with Gasteiger partial charge in [-0.15, -0.1) is 0 Å². The van der Waals surface area contributed by atoms with Crippen molar-refractivity contribution in [1.29, 1.82) is 0 Å². The highest BCUT2D eigenvalue weighted by atomic mass is 32.1. The van der Waals surface area contributed by atoms with Crippen LogP contribution in [-0.2, 0) is 0 Å². The SMILES string of the molecule is CCNC(=S)NNC(=O)c1cc(-c2cc(OC)ccc2OC)nc2ccccc12. The Morgan fingerprint density at radius 1 is 1.07 bits per heavy atom. The van der Waals surface area contributed by atoms with E-state index in [1.807, 2.05) is 43.3 Å². The molecular formula is C21H22N4O3S. The van der Waals surface area contributed by atoms with Crippen molar-refractivity contribution < 1.29 is 14.3 Å². The predicted octanol–water partition coefficient (Wildman–Crippen LogP) is 3.05. The van der Waals surface area contributed by atoms with Crippen LogP contribution in [0.15, 0.2) is 48.5 Å². The van der Waals surface area contributed by atoms with Gasteiger partial charge < -0.3 is 14.8 Å². The number of carbonyl (C=O) groups excluding carboxylic acids is 1. The highest BCUT2D eigenvalue weighted by Crippen LogP contribution is 2.34. The number of methoxy groups -OCH3 is 2. The minimum absolute atomic E-state index is 0.327. The topological polar surface area (TPSA) is 84.5 Å². The minimum Gasteiger partial charge on any atom is -0.497 e. The highest BCUT2D eigenvalue weighted by molar-refractivity contribution is 7.80. The number of hydrogen-bond acceptors (Lipinski definition) is 5. The molecule has 0 aliphatic heterocycles. The monoisotopic (exact) mass is 410 g/mol. The molecule has 1 heterocycles. The standard InChI is InChI=1S/C21H22N4O3S/c1-4-22-21(29)25-24-20(26)15-12-18(23-17-8-6-5-7-14(15)17)16-11-13(27-2)9-10-19(16)28-3/h5-12H,4H2,1-3H3,(H,24,26)(H2,22,25,29). The number of carbonyl (C=O) groups is 1. The average Bonchev–Trinajstić information content (AvgIpc) is 2.76. The molecule has 0 fully saturated rings. The van der Waals surface area contributed by atoms with E-state index in [1.165, 1.54) is 0 Å². The van der Waals surface area contributed by atoms with Crippen LogP contribution in [0.2, 0.25) is 0 Å². The first-order chi connectivity index (χ1) is 14.1. The fourth-order valence-electron chi connectivity index (χ4n) is 2.90. The molecule has 3 rings (SSSR count). The van der Waals surface area contributed by atoms with Gasteiger partial charge in [-0.3, -0.25) is 15.6 Å². The lowest BCUT2D eigenvalue weighted by Crippen LogP contribution is -2.46. The zero-order valence-corrected chi connectivity index (χ0v) is 17.2. The zero-order valence-electron chi connectivity index (χ0n) is 16.4. The molecule has 150 valence electrons. The molecule has 3 N–H and O–H groups in total. The maximum absolute atomic E-state index is 12.9. The van der Waals surface area contributed by atoms with Crippen molar-refractivity contribution in [1.82, 2.24) is 21.2 Å². The van der Waals surface area contributed by atoms with E-state index in [2.05, 4.69) is 16.2 Å². The molecule has 0 spiro atoms. The lowest BCUT2D eigenvalue weighted by molar-refractivity contribution is 0.0945. The fraction of sp³-hybridized carbons (Fsp3) is 0.190. The lowest BCUT2D eigenvalue weighted by Gasteiger charge is -2.14. The summed E-state index contributed by atoms with van der Waals surface area (Å²) in [6.45, 7) is 2.57. The Balaban J connectivity index is 2.07. The molecule has 1 aromatic heterocycles. The summed E-state index contributed by atoms with van der Waals surface area (Å²) in [4.78, 5) is 17.6. The molecule has 0 bridgehead atoms. The number of ether oxygens (including phenoxy) is 2. The molecule has 0 atom stereocenters. The second-order valence-electron chi connectivity index (χ2n) is 6.08. The average molecular weight is 410 g/mol. The number of hydrogen-bond donors (Lipinski definition) is 3. The van der Waals surface area contributed by atoms with Crippen molar-refractivity contribution in [3.63, 3.8) is 0 Å². The van der Waals surface area contributed by atoms with Crippen LogP contribution in [0.1, 0.15) is 17.3 Å². The fourth-order valence-corrected chi connectivity index (χ4v) is 3.10. The van der Waals surface area contributed by atoms with Crippen LogP contribution in [0.4, 0.5) is 0 Å². The summed E-state index contributed by atoms with van der Waals surface area (Å²) in [5, 5.41) is 3.99. The van der Waals surface area contributed by atoms with E-state index in [1.54, 1.807) is 26.4 Å². The van der Waals surface area contributed by atoms with Crippen molar-refractivity contribution in [2.75, 3.05) is 20.8 Å². The van der Waals surface area contributed by atoms with Gasteiger partial charge in [-0.2, -0.15) is 0 Å². The summed E-state index contributed by atoms with van der Waals surface area (Å²) < 4.78 is 10.8. The minimum atomic E-state index is -0.327. The Morgan fingerprint density at radius 2 is 1.86 bits per heavy atom. The van der Waals surface area contributed by atoms with Gasteiger partial charge in [-0.25, -0.2) is 4.98 Å². The van der Waals surface area contributed by atoms with Crippen LogP contribution in [-0.4, -0.2) is 36.8 Å². The molecule has 0 unspecified atom stereocenters. The normalized spacial score (nSPS) is 10.3. The summed E-state index contributed by atoms with van der Waals surface area (Å²) in [6.07, 6.45) is 0. The van der Waals surface area contributed by atoms with Gasteiger partial charge in [0.05, 0.1) is 31.0 Å². The van der Waals surface area contributed by atoms with Gasteiger partial charge in [0.1, 0.15) is 11.5 Å². The number of thiocarbonyl (C=S) groups is 1. The highest BCUT2D eigenvalue weighted by Gasteiger charge is 2.16. The Morgan fingerprint density at radius 3 is 2.59 bits per heavy atom. The number of pyridine rings is 1. The largest absolute Gasteiger partial charge is 0.497 e. The van der Waals surface area contributed by atoms with Gasteiger partial charge in [0.2, 0.25) is 0 Å².